The normalized spacial score (nSPS) is 11.0. The van der Waals surface area contributed by atoms with Crippen molar-refractivity contribution in [3.63, 3.8) is 0 Å². The van der Waals surface area contributed by atoms with Crippen molar-refractivity contribution in [3.05, 3.63) is 36.5 Å². The van der Waals surface area contributed by atoms with E-state index in [1.807, 2.05) is 12.1 Å². The van der Waals surface area contributed by atoms with Gasteiger partial charge >= 0.3 is 0 Å². The van der Waals surface area contributed by atoms with Crippen LogP contribution in [0.2, 0.25) is 0 Å². The zero-order valence-electron chi connectivity index (χ0n) is 7.62. The van der Waals surface area contributed by atoms with E-state index in [9.17, 15) is 8.42 Å². The van der Waals surface area contributed by atoms with Gasteiger partial charge in [0.25, 0.3) is 10.0 Å². The van der Waals surface area contributed by atoms with E-state index < -0.39 is 10.0 Å². The van der Waals surface area contributed by atoms with Crippen molar-refractivity contribution in [2.24, 2.45) is 5.14 Å². The van der Waals surface area contributed by atoms with E-state index >= 15 is 0 Å². The van der Waals surface area contributed by atoms with Gasteiger partial charge in [-0.3, -0.25) is 0 Å². The largest absolute Gasteiger partial charge is 0.256 e. The molecule has 6 heteroatoms. The molecule has 0 aliphatic heterocycles. The van der Waals surface area contributed by atoms with Crippen molar-refractivity contribution < 1.29 is 8.42 Å². The van der Waals surface area contributed by atoms with Crippen molar-refractivity contribution in [2.75, 3.05) is 0 Å². The lowest BCUT2D eigenvalue weighted by Crippen LogP contribution is -2.14. The highest BCUT2D eigenvalue weighted by Gasteiger charge is 2.12. The molecule has 0 bridgehead atoms. The second-order valence-corrected chi connectivity index (χ2v) is 4.36. The van der Waals surface area contributed by atoms with E-state index in [0.717, 1.165) is 5.39 Å². The molecule has 0 saturated carbocycles. The van der Waals surface area contributed by atoms with Gasteiger partial charge in [-0.1, -0.05) is 24.3 Å². The minimum absolute atomic E-state index is 0. The summed E-state index contributed by atoms with van der Waals surface area (Å²) in [5.41, 5.74) is 0. The zero-order chi connectivity index (χ0) is 10.2. The number of nitrogens with zero attached hydrogens (tertiary/aromatic N) is 1. The number of aromatic nitrogens is 1. The monoisotopic (exact) mass is 244 g/mol. The number of sulfonamides is 1. The van der Waals surface area contributed by atoms with E-state index in [0.29, 0.717) is 5.39 Å². The highest BCUT2D eigenvalue weighted by atomic mass is 35.5. The van der Waals surface area contributed by atoms with E-state index in [1.165, 1.54) is 6.20 Å². The Kier molecular flexibility index (Phi) is 3.28. The maximum atomic E-state index is 11.2. The van der Waals surface area contributed by atoms with Gasteiger partial charge in [-0.2, -0.15) is 0 Å². The van der Waals surface area contributed by atoms with Gasteiger partial charge in [0.2, 0.25) is 0 Å². The summed E-state index contributed by atoms with van der Waals surface area (Å²) in [6, 6.07) is 8.81. The third-order valence-corrected chi connectivity index (χ3v) is 2.77. The minimum Gasteiger partial charge on any atom is -0.243 e. The molecule has 0 aliphatic rings. The van der Waals surface area contributed by atoms with Gasteiger partial charge in [0.05, 0.1) is 0 Å². The lowest BCUT2D eigenvalue weighted by Gasteiger charge is -2.01. The molecule has 0 unspecified atom stereocenters. The minimum atomic E-state index is -3.74. The van der Waals surface area contributed by atoms with Crippen LogP contribution in [0.3, 0.4) is 0 Å². The second kappa shape index (κ2) is 4.14. The first-order valence-electron chi connectivity index (χ1n) is 3.95. The first-order chi connectivity index (χ1) is 6.59. The summed E-state index contributed by atoms with van der Waals surface area (Å²) in [7, 11) is -3.74. The highest BCUT2D eigenvalue weighted by molar-refractivity contribution is 7.89. The zero-order valence-corrected chi connectivity index (χ0v) is 9.25. The Morgan fingerprint density at radius 3 is 2.47 bits per heavy atom. The number of hydrogen-bond donors (Lipinski definition) is 1. The number of rotatable bonds is 1. The van der Waals surface area contributed by atoms with Gasteiger partial charge in [-0.25, -0.2) is 18.5 Å². The van der Waals surface area contributed by atoms with Crippen molar-refractivity contribution >= 4 is 33.2 Å². The number of halogens is 1. The molecule has 2 rings (SSSR count). The number of pyridine rings is 1. The molecule has 2 aromatic rings. The second-order valence-electron chi connectivity index (χ2n) is 2.88. The summed E-state index contributed by atoms with van der Waals surface area (Å²) in [4.78, 5) is 3.77. The topological polar surface area (TPSA) is 73.1 Å². The summed E-state index contributed by atoms with van der Waals surface area (Å²) in [5, 5.41) is 6.32. The number of benzene rings is 1. The Morgan fingerprint density at radius 2 is 1.80 bits per heavy atom. The first-order valence-corrected chi connectivity index (χ1v) is 5.50. The van der Waals surface area contributed by atoms with Crippen LogP contribution >= 0.6 is 12.4 Å². The molecule has 0 spiro atoms. The molecule has 0 atom stereocenters. The predicted molar refractivity (Wildman–Crippen MR) is 60.4 cm³/mol. The molecule has 0 amide bonds. The Hall–Kier alpha value is -1.17. The molecule has 15 heavy (non-hydrogen) atoms. The Balaban J connectivity index is 0.00000112. The van der Waals surface area contributed by atoms with Crippen molar-refractivity contribution in [2.45, 2.75) is 5.03 Å². The van der Waals surface area contributed by atoms with Gasteiger partial charge in [0, 0.05) is 11.6 Å². The Morgan fingerprint density at radius 1 is 1.13 bits per heavy atom. The Bertz CT molecular complexity index is 578. The van der Waals surface area contributed by atoms with Crippen LogP contribution in [0.25, 0.3) is 10.8 Å². The summed E-state index contributed by atoms with van der Waals surface area (Å²) in [6.45, 7) is 0. The van der Waals surface area contributed by atoms with E-state index in [2.05, 4.69) is 4.98 Å². The summed E-state index contributed by atoms with van der Waals surface area (Å²) >= 11 is 0. The fourth-order valence-electron chi connectivity index (χ4n) is 1.32. The Labute approximate surface area is 93.6 Å². The van der Waals surface area contributed by atoms with E-state index in [4.69, 9.17) is 5.14 Å². The summed E-state index contributed by atoms with van der Waals surface area (Å²) in [5.74, 6) is 0. The average molecular weight is 245 g/mol. The molecule has 0 fully saturated rings. The fraction of sp³-hybridized carbons (Fsp3) is 0. The van der Waals surface area contributed by atoms with Crippen LogP contribution < -0.4 is 5.14 Å². The van der Waals surface area contributed by atoms with Gasteiger partial charge in [0.1, 0.15) is 0 Å². The van der Waals surface area contributed by atoms with Crippen LogP contribution in [-0.2, 0) is 10.0 Å². The number of hydrogen-bond acceptors (Lipinski definition) is 3. The van der Waals surface area contributed by atoms with Crippen LogP contribution in [0.15, 0.2) is 41.6 Å². The summed E-state index contributed by atoms with van der Waals surface area (Å²) in [6.07, 6.45) is 1.43. The van der Waals surface area contributed by atoms with Crippen molar-refractivity contribution in [1.29, 1.82) is 0 Å². The lowest BCUT2D eigenvalue weighted by molar-refractivity contribution is 0.595. The standard InChI is InChI=1S/C9H8N2O2S.ClH/c10-14(12,13)9-8-4-2-1-3-7(8)5-6-11-9;/h1-6H,(H2,10,12,13);1H. The quantitative estimate of drug-likeness (QED) is 0.822. The van der Waals surface area contributed by atoms with Crippen LogP contribution in [-0.4, -0.2) is 13.4 Å². The maximum Gasteiger partial charge on any atom is 0.256 e. The predicted octanol–water partition coefficient (Wildman–Crippen LogP) is 1.30. The number of primary sulfonamides is 1. The van der Waals surface area contributed by atoms with Crippen LogP contribution in [0.4, 0.5) is 0 Å². The SMILES string of the molecule is Cl.NS(=O)(=O)c1nccc2ccccc12. The lowest BCUT2D eigenvalue weighted by atomic mass is 10.2. The van der Waals surface area contributed by atoms with Crippen LogP contribution in [0.5, 0.6) is 0 Å². The summed E-state index contributed by atoms with van der Waals surface area (Å²) < 4.78 is 22.3. The maximum absolute atomic E-state index is 11.2. The van der Waals surface area contributed by atoms with Crippen molar-refractivity contribution in [3.8, 4) is 0 Å². The third-order valence-electron chi connectivity index (χ3n) is 1.91. The number of nitrogens with two attached hydrogens (primary N) is 1. The third kappa shape index (κ3) is 2.26. The van der Waals surface area contributed by atoms with Crippen molar-refractivity contribution in [1.82, 2.24) is 4.98 Å². The van der Waals surface area contributed by atoms with Gasteiger partial charge in [-0.15, -0.1) is 12.4 Å². The van der Waals surface area contributed by atoms with Gasteiger partial charge in [-0.05, 0) is 11.5 Å². The molecule has 0 saturated heterocycles. The molecule has 4 nitrogen and oxygen atoms in total. The van der Waals surface area contributed by atoms with Crippen LogP contribution in [0, 0.1) is 0 Å². The molecule has 0 aliphatic carbocycles. The molecule has 80 valence electrons. The fourth-order valence-corrected chi connectivity index (χ4v) is 2.02. The first kappa shape index (κ1) is 11.9. The molecular formula is C9H9ClN2O2S. The number of fused-ring (bicyclic) bond motifs is 1. The highest BCUT2D eigenvalue weighted by Crippen LogP contribution is 2.18. The smallest absolute Gasteiger partial charge is 0.243 e. The van der Waals surface area contributed by atoms with E-state index in [1.54, 1.807) is 18.2 Å². The molecule has 1 heterocycles. The molecule has 1 aromatic carbocycles. The molecule has 1 aromatic heterocycles. The van der Waals surface area contributed by atoms with E-state index in [-0.39, 0.29) is 17.4 Å². The van der Waals surface area contributed by atoms with Crippen LogP contribution in [0.1, 0.15) is 0 Å². The molecule has 0 radical (unpaired) electrons. The molecule has 2 N–H and O–H groups in total. The molecular weight excluding hydrogens is 236 g/mol. The van der Waals surface area contributed by atoms with Gasteiger partial charge < -0.3 is 0 Å². The van der Waals surface area contributed by atoms with Gasteiger partial charge in [0.15, 0.2) is 5.03 Å². The average Bonchev–Trinajstić information content (AvgIpc) is 2.15.